The highest BCUT2D eigenvalue weighted by atomic mass is 127. The van der Waals surface area contributed by atoms with Crippen LogP contribution in [-0.2, 0) is 4.74 Å². The SMILES string of the molecule is O=C(O)N(I)CC1COCCN1. The highest BCUT2D eigenvalue weighted by molar-refractivity contribution is 14.1. The van der Waals surface area contributed by atoms with Gasteiger partial charge in [0.15, 0.2) is 0 Å². The minimum atomic E-state index is -0.914. The summed E-state index contributed by atoms with van der Waals surface area (Å²) in [5, 5.41) is 11.7. The van der Waals surface area contributed by atoms with Gasteiger partial charge in [-0.25, -0.2) is 7.91 Å². The average molecular weight is 286 g/mol. The van der Waals surface area contributed by atoms with E-state index in [1.165, 1.54) is 3.11 Å². The zero-order valence-electron chi connectivity index (χ0n) is 6.49. The third-order valence-corrected chi connectivity index (χ3v) is 2.39. The van der Waals surface area contributed by atoms with Crippen LogP contribution in [0.1, 0.15) is 0 Å². The Morgan fingerprint density at radius 2 is 2.58 bits per heavy atom. The van der Waals surface area contributed by atoms with Gasteiger partial charge in [0.1, 0.15) is 0 Å². The topological polar surface area (TPSA) is 61.8 Å². The lowest BCUT2D eigenvalue weighted by atomic mass is 10.3. The fourth-order valence-corrected chi connectivity index (χ4v) is 1.48. The van der Waals surface area contributed by atoms with E-state index in [2.05, 4.69) is 5.32 Å². The van der Waals surface area contributed by atoms with Gasteiger partial charge in [-0.3, -0.25) is 0 Å². The first-order chi connectivity index (χ1) is 5.70. The Hall–Kier alpha value is -0.0800. The molecule has 70 valence electrons. The molecule has 2 N–H and O–H groups in total. The Morgan fingerprint density at radius 1 is 1.83 bits per heavy atom. The van der Waals surface area contributed by atoms with Crippen LogP contribution in [0.4, 0.5) is 4.79 Å². The van der Waals surface area contributed by atoms with E-state index in [4.69, 9.17) is 9.84 Å². The average Bonchev–Trinajstić information content (AvgIpc) is 2.06. The maximum atomic E-state index is 10.4. The van der Waals surface area contributed by atoms with Crippen LogP contribution < -0.4 is 5.32 Å². The summed E-state index contributed by atoms with van der Waals surface area (Å²) < 4.78 is 6.40. The summed E-state index contributed by atoms with van der Waals surface area (Å²) >= 11 is 1.77. The van der Waals surface area contributed by atoms with Gasteiger partial charge in [0.05, 0.1) is 42.6 Å². The van der Waals surface area contributed by atoms with E-state index >= 15 is 0 Å². The molecule has 1 heterocycles. The Labute approximate surface area is 84.6 Å². The second-order valence-corrected chi connectivity index (χ2v) is 3.72. The molecule has 1 aliphatic rings. The number of carboxylic acid groups (broad SMARTS) is 1. The standard InChI is InChI=1S/C6H11IN2O3/c7-9(6(10)11)3-5-4-12-2-1-8-5/h5,8H,1-4H2,(H,10,11). The van der Waals surface area contributed by atoms with Crippen molar-refractivity contribution in [3.05, 3.63) is 0 Å². The number of hydrogen-bond acceptors (Lipinski definition) is 3. The number of ether oxygens (including phenoxy) is 1. The van der Waals surface area contributed by atoms with Gasteiger partial charge in [-0.15, -0.1) is 0 Å². The van der Waals surface area contributed by atoms with Crippen molar-refractivity contribution < 1.29 is 14.6 Å². The van der Waals surface area contributed by atoms with Gasteiger partial charge < -0.3 is 15.2 Å². The van der Waals surface area contributed by atoms with E-state index in [1.54, 1.807) is 22.9 Å². The predicted octanol–water partition coefficient (Wildman–Crippen LogP) is 0.305. The van der Waals surface area contributed by atoms with Crippen LogP contribution in [0.25, 0.3) is 0 Å². The second kappa shape index (κ2) is 4.83. The molecule has 1 aliphatic heterocycles. The molecule has 0 radical (unpaired) electrons. The van der Waals surface area contributed by atoms with Gasteiger partial charge in [-0.1, -0.05) is 0 Å². The Balaban J connectivity index is 2.24. The summed E-state index contributed by atoms with van der Waals surface area (Å²) in [7, 11) is 0. The second-order valence-electron chi connectivity index (χ2n) is 2.55. The Bertz CT molecular complexity index is 161. The number of carbonyl (C=O) groups is 1. The van der Waals surface area contributed by atoms with Gasteiger partial charge in [0, 0.05) is 12.6 Å². The van der Waals surface area contributed by atoms with Crippen molar-refractivity contribution in [3.8, 4) is 0 Å². The minimum absolute atomic E-state index is 0.131. The first-order valence-corrected chi connectivity index (χ1v) is 4.64. The van der Waals surface area contributed by atoms with Gasteiger partial charge in [-0.05, 0) is 0 Å². The van der Waals surface area contributed by atoms with Crippen LogP contribution in [0, 0.1) is 0 Å². The lowest BCUT2D eigenvalue weighted by Gasteiger charge is -2.25. The van der Waals surface area contributed by atoms with E-state index in [1.807, 2.05) is 0 Å². The molecule has 0 aliphatic carbocycles. The quantitative estimate of drug-likeness (QED) is 0.566. The number of halogens is 1. The normalized spacial score (nSPS) is 23.6. The number of hydrogen-bond donors (Lipinski definition) is 2. The summed E-state index contributed by atoms with van der Waals surface area (Å²) in [5.41, 5.74) is 0. The van der Waals surface area contributed by atoms with Crippen molar-refractivity contribution >= 4 is 29.0 Å². The molecule has 0 saturated carbocycles. The van der Waals surface area contributed by atoms with Crippen molar-refractivity contribution in [2.45, 2.75) is 6.04 Å². The van der Waals surface area contributed by atoms with Gasteiger partial charge >= 0.3 is 6.09 Å². The third kappa shape index (κ3) is 3.11. The maximum Gasteiger partial charge on any atom is 0.416 e. The van der Waals surface area contributed by atoms with Crippen molar-refractivity contribution in [1.82, 2.24) is 8.43 Å². The van der Waals surface area contributed by atoms with Crippen molar-refractivity contribution in [2.75, 3.05) is 26.3 Å². The van der Waals surface area contributed by atoms with Crippen LogP contribution in [-0.4, -0.2) is 46.7 Å². The van der Waals surface area contributed by atoms with Crippen molar-refractivity contribution in [1.29, 1.82) is 0 Å². The Morgan fingerprint density at radius 3 is 3.08 bits per heavy atom. The highest BCUT2D eigenvalue weighted by Crippen LogP contribution is 2.03. The monoisotopic (exact) mass is 286 g/mol. The molecule has 1 unspecified atom stereocenters. The minimum Gasteiger partial charge on any atom is -0.464 e. The molecular formula is C6H11IN2O3. The molecule has 6 heteroatoms. The molecule has 1 amide bonds. The number of nitrogens with one attached hydrogen (secondary N) is 1. The number of amides is 1. The molecule has 1 atom stereocenters. The summed E-state index contributed by atoms with van der Waals surface area (Å²) in [6.45, 7) is 2.57. The molecule has 0 spiro atoms. The first-order valence-electron chi connectivity index (χ1n) is 3.67. The van der Waals surface area contributed by atoms with Crippen LogP contribution in [0.2, 0.25) is 0 Å². The summed E-state index contributed by atoms with van der Waals surface area (Å²) in [4.78, 5) is 10.4. The smallest absolute Gasteiger partial charge is 0.416 e. The molecule has 0 aromatic rings. The van der Waals surface area contributed by atoms with Gasteiger partial charge in [0.25, 0.3) is 0 Å². The van der Waals surface area contributed by atoms with E-state index in [0.29, 0.717) is 19.8 Å². The molecule has 0 aromatic heterocycles. The lowest BCUT2D eigenvalue weighted by Crippen LogP contribution is -2.47. The Kier molecular flexibility index (Phi) is 4.02. The zero-order chi connectivity index (χ0) is 8.97. The first kappa shape index (κ1) is 10.0. The fraction of sp³-hybridized carbons (Fsp3) is 0.833. The van der Waals surface area contributed by atoms with Gasteiger partial charge in [0.2, 0.25) is 0 Å². The van der Waals surface area contributed by atoms with E-state index < -0.39 is 6.09 Å². The van der Waals surface area contributed by atoms with Gasteiger partial charge in [-0.2, -0.15) is 0 Å². The highest BCUT2D eigenvalue weighted by Gasteiger charge is 2.18. The third-order valence-electron chi connectivity index (χ3n) is 1.59. The van der Waals surface area contributed by atoms with Crippen molar-refractivity contribution in [2.24, 2.45) is 0 Å². The zero-order valence-corrected chi connectivity index (χ0v) is 8.65. The fourth-order valence-electron chi connectivity index (χ4n) is 1.01. The predicted molar refractivity (Wildman–Crippen MR) is 51.4 cm³/mol. The number of morpholine rings is 1. The molecular weight excluding hydrogens is 275 g/mol. The summed E-state index contributed by atoms with van der Waals surface area (Å²) in [5.74, 6) is 0. The number of nitrogens with zero attached hydrogens (tertiary/aromatic N) is 1. The lowest BCUT2D eigenvalue weighted by molar-refractivity contribution is 0.0721. The van der Waals surface area contributed by atoms with E-state index in [9.17, 15) is 4.79 Å². The summed E-state index contributed by atoms with van der Waals surface area (Å²) in [6, 6.07) is 0.131. The molecule has 1 saturated heterocycles. The molecule has 12 heavy (non-hydrogen) atoms. The molecule has 0 bridgehead atoms. The maximum absolute atomic E-state index is 10.4. The summed E-state index contributed by atoms with van der Waals surface area (Å²) in [6.07, 6.45) is -0.914. The van der Waals surface area contributed by atoms with Crippen LogP contribution in [0.5, 0.6) is 0 Å². The molecule has 0 aromatic carbocycles. The van der Waals surface area contributed by atoms with E-state index in [0.717, 1.165) is 6.54 Å². The van der Waals surface area contributed by atoms with E-state index in [-0.39, 0.29) is 6.04 Å². The van der Waals surface area contributed by atoms with Crippen LogP contribution in [0.15, 0.2) is 0 Å². The number of rotatable bonds is 2. The molecule has 5 nitrogen and oxygen atoms in total. The molecule has 1 fully saturated rings. The van der Waals surface area contributed by atoms with Crippen LogP contribution >= 0.6 is 22.9 Å². The van der Waals surface area contributed by atoms with Crippen LogP contribution in [0.3, 0.4) is 0 Å². The largest absolute Gasteiger partial charge is 0.464 e. The molecule has 1 rings (SSSR count). The van der Waals surface area contributed by atoms with Crippen molar-refractivity contribution in [3.63, 3.8) is 0 Å².